The fraction of sp³-hybridized carbons (Fsp3) is 0.941. The quantitative estimate of drug-likeness (QED) is 0.251. The molecule has 1 atom stereocenters. The van der Waals surface area contributed by atoms with E-state index in [2.05, 4.69) is 38.3 Å². The number of thiol groups is 1. The number of carbonyl (C=O) groups excluding carboxylic acids is 1. The van der Waals surface area contributed by atoms with Gasteiger partial charge in [0.1, 0.15) is 5.78 Å². The average Bonchev–Trinajstić information content (AvgIpc) is 2.59. The van der Waals surface area contributed by atoms with Gasteiger partial charge in [-0.2, -0.15) is 12.6 Å². The molecule has 7 heteroatoms. The smallest absolute Gasteiger partial charge is 0.377 e. The first-order valence-corrected chi connectivity index (χ1v) is 11.6. The van der Waals surface area contributed by atoms with Gasteiger partial charge in [0.05, 0.1) is 6.73 Å². The Balaban J connectivity index is 4.24. The number of rotatable bonds is 16. The molecular formula is C17H37NO4SSi. The maximum absolute atomic E-state index is 12.1. The van der Waals surface area contributed by atoms with Gasteiger partial charge in [-0.1, -0.05) is 27.2 Å². The fourth-order valence-corrected chi connectivity index (χ4v) is 4.86. The molecule has 0 fully saturated rings. The number of hydrogen-bond donors (Lipinski definition) is 1. The van der Waals surface area contributed by atoms with Crippen molar-refractivity contribution in [2.45, 2.75) is 70.6 Å². The van der Waals surface area contributed by atoms with E-state index < -0.39 is 8.80 Å². The normalized spacial score (nSPS) is 13.5. The van der Waals surface area contributed by atoms with Crippen LogP contribution in [-0.4, -0.2) is 58.8 Å². The Labute approximate surface area is 155 Å². The number of nitrogens with zero attached hydrogens (tertiary/aromatic N) is 1. The standard InChI is InChI=1S/C17H37NO4SSi/c1-6-10-17(23)12-9-11-16(19)13-14-24(20-4,21-5)22-15-18(7-2)8-3/h17,23H,6-15H2,1-5H3. The first kappa shape index (κ1) is 24.1. The Morgan fingerprint density at radius 3 is 2.21 bits per heavy atom. The second-order valence-electron chi connectivity index (χ2n) is 6.04. The SMILES string of the molecule is CCCC(S)CCCC(=O)CC[Si](OC)(OC)OCN(CC)CC. The Morgan fingerprint density at radius 1 is 1.08 bits per heavy atom. The molecule has 0 N–H and O–H groups in total. The van der Waals surface area contributed by atoms with Crippen LogP contribution in [0.4, 0.5) is 0 Å². The molecule has 0 aromatic heterocycles. The van der Waals surface area contributed by atoms with Crippen LogP contribution in [0.15, 0.2) is 0 Å². The summed E-state index contributed by atoms with van der Waals surface area (Å²) in [5.74, 6) is 0.254. The van der Waals surface area contributed by atoms with E-state index in [1.807, 2.05) is 0 Å². The third kappa shape index (κ3) is 10.2. The Morgan fingerprint density at radius 2 is 1.71 bits per heavy atom. The van der Waals surface area contributed by atoms with Crippen LogP contribution in [0.3, 0.4) is 0 Å². The van der Waals surface area contributed by atoms with E-state index in [0.717, 1.165) is 38.8 Å². The lowest BCUT2D eigenvalue weighted by Crippen LogP contribution is -2.47. The predicted molar refractivity (Wildman–Crippen MR) is 105 cm³/mol. The first-order valence-electron chi connectivity index (χ1n) is 9.13. The molecule has 1 unspecified atom stereocenters. The van der Waals surface area contributed by atoms with E-state index >= 15 is 0 Å². The molecule has 144 valence electrons. The number of carbonyl (C=O) groups is 1. The van der Waals surface area contributed by atoms with E-state index in [4.69, 9.17) is 13.3 Å². The van der Waals surface area contributed by atoms with Crippen molar-refractivity contribution in [1.29, 1.82) is 0 Å². The zero-order valence-corrected chi connectivity index (χ0v) is 18.1. The molecule has 0 rings (SSSR count). The lowest BCUT2D eigenvalue weighted by atomic mass is 10.1. The maximum Gasteiger partial charge on any atom is 0.501 e. The molecule has 0 aliphatic carbocycles. The summed E-state index contributed by atoms with van der Waals surface area (Å²) in [4.78, 5) is 14.3. The molecule has 0 amide bonds. The molecule has 0 saturated heterocycles. The van der Waals surface area contributed by atoms with E-state index in [0.29, 0.717) is 30.9 Å². The number of hydrogen-bond acceptors (Lipinski definition) is 6. The second kappa shape index (κ2) is 14.3. The van der Waals surface area contributed by atoms with Crippen molar-refractivity contribution >= 4 is 27.2 Å². The lowest BCUT2D eigenvalue weighted by molar-refractivity contribution is -0.119. The monoisotopic (exact) mass is 379 g/mol. The lowest BCUT2D eigenvalue weighted by Gasteiger charge is -2.29. The van der Waals surface area contributed by atoms with Gasteiger partial charge in [0, 0.05) is 38.4 Å². The molecule has 0 saturated carbocycles. The number of Topliss-reactive ketones (excluding diaryl/α,β-unsaturated/α-hetero) is 1. The van der Waals surface area contributed by atoms with Crippen molar-refractivity contribution < 1.29 is 18.1 Å². The van der Waals surface area contributed by atoms with Crippen molar-refractivity contribution in [1.82, 2.24) is 4.90 Å². The summed E-state index contributed by atoms with van der Waals surface area (Å²) in [5, 5.41) is 0.409. The highest BCUT2D eigenvalue weighted by molar-refractivity contribution is 7.80. The summed E-state index contributed by atoms with van der Waals surface area (Å²) in [6, 6.07) is 0.541. The van der Waals surface area contributed by atoms with Gasteiger partial charge in [-0.25, -0.2) is 0 Å². The highest BCUT2D eigenvalue weighted by Crippen LogP contribution is 2.19. The van der Waals surface area contributed by atoms with Crippen molar-refractivity contribution in [3.63, 3.8) is 0 Å². The Bertz CT molecular complexity index is 326. The highest BCUT2D eigenvalue weighted by atomic mass is 32.1. The summed E-state index contributed by atoms with van der Waals surface area (Å²) in [6.07, 6.45) is 5.22. The molecule has 0 bridgehead atoms. The molecule has 0 radical (unpaired) electrons. The van der Waals surface area contributed by atoms with Gasteiger partial charge in [0.25, 0.3) is 0 Å². The molecule has 0 heterocycles. The van der Waals surface area contributed by atoms with Crippen LogP contribution in [-0.2, 0) is 18.1 Å². The molecule has 0 aliphatic heterocycles. The molecule has 0 spiro atoms. The van der Waals surface area contributed by atoms with Crippen LogP contribution in [0.5, 0.6) is 0 Å². The number of ketones is 1. The van der Waals surface area contributed by atoms with E-state index in [1.54, 1.807) is 14.2 Å². The van der Waals surface area contributed by atoms with Crippen LogP contribution in [0.2, 0.25) is 6.04 Å². The van der Waals surface area contributed by atoms with Crippen LogP contribution >= 0.6 is 12.6 Å². The summed E-state index contributed by atoms with van der Waals surface area (Å²) in [6.45, 7) is 8.64. The summed E-state index contributed by atoms with van der Waals surface area (Å²) >= 11 is 4.54. The molecular weight excluding hydrogens is 342 g/mol. The molecule has 0 aromatic carbocycles. The minimum absolute atomic E-state index is 0.254. The van der Waals surface area contributed by atoms with Crippen molar-refractivity contribution in [2.75, 3.05) is 34.0 Å². The topological polar surface area (TPSA) is 48.0 Å². The molecule has 24 heavy (non-hydrogen) atoms. The predicted octanol–water partition coefficient (Wildman–Crippen LogP) is 3.76. The van der Waals surface area contributed by atoms with Crippen molar-refractivity contribution in [2.24, 2.45) is 0 Å². The Kier molecular flexibility index (Phi) is 14.3. The van der Waals surface area contributed by atoms with Crippen LogP contribution in [0, 0.1) is 0 Å². The van der Waals surface area contributed by atoms with E-state index in [-0.39, 0.29) is 5.78 Å². The zero-order valence-electron chi connectivity index (χ0n) is 16.2. The van der Waals surface area contributed by atoms with Crippen LogP contribution in [0.25, 0.3) is 0 Å². The maximum atomic E-state index is 12.1. The third-order valence-corrected chi connectivity index (χ3v) is 7.50. The van der Waals surface area contributed by atoms with Gasteiger partial charge >= 0.3 is 8.80 Å². The van der Waals surface area contributed by atoms with Gasteiger partial charge in [-0.05, 0) is 32.4 Å². The van der Waals surface area contributed by atoms with Crippen molar-refractivity contribution in [3.05, 3.63) is 0 Å². The fourth-order valence-electron chi connectivity index (χ4n) is 2.50. The van der Waals surface area contributed by atoms with E-state index in [9.17, 15) is 4.79 Å². The van der Waals surface area contributed by atoms with E-state index in [1.165, 1.54) is 0 Å². The molecule has 5 nitrogen and oxygen atoms in total. The van der Waals surface area contributed by atoms with Crippen LogP contribution in [0.1, 0.15) is 59.3 Å². The van der Waals surface area contributed by atoms with Crippen LogP contribution < -0.4 is 0 Å². The van der Waals surface area contributed by atoms with Gasteiger partial charge < -0.3 is 13.3 Å². The van der Waals surface area contributed by atoms with Gasteiger partial charge in [0.15, 0.2) is 0 Å². The third-order valence-electron chi connectivity index (χ3n) is 4.31. The first-order chi connectivity index (χ1) is 11.5. The minimum atomic E-state index is -2.75. The highest BCUT2D eigenvalue weighted by Gasteiger charge is 2.39. The molecule has 0 aliphatic rings. The van der Waals surface area contributed by atoms with Gasteiger partial charge in [-0.3, -0.25) is 9.69 Å². The summed E-state index contributed by atoms with van der Waals surface area (Å²) < 4.78 is 17.1. The zero-order chi connectivity index (χ0) is 18.4. The minimum Gasteiger partial charge on any atom is -0.377 e. The average molecular weight is 380 g/mol. The van der Waals surface area contributed by atoms with Crippen molar-refractivity contribution in [3.8, 4) is 0 Å². The van der Waals surface area contributed by atoms with Gasteiger partial charge in [0.2, 0.25) is 0 Å². The Hall–Kier alpha value is 0.0769. The van der Waals surface area contributed by atoms with Gasteiger partial charge in [-0.15, -0.1) is 0 Å². The second-order valence-corrected chi connectivity index (χ2v) is 9.74. The largest absolute Gasteiger partial charge is 0.501 e. The molecule has 0 aromatic rings. The summed E-state index contributed by atoms with van der Waals surface area (Å²) in [7, 11) is 0.467. The summed E-state index contributed by atoms with van der Waals surface area (Å²) in [5.41, 5.74) is 0.